The molecule has 0 aliphatic heterocycles. The molecule has 0 heterocycles. The molecule has 0 saturated carbocycles. The van der Waals surface area contributed by atoms with Gasteiger partial charge in [-0.15, -0.1) is 0 Å². The van der Waals surface area contributed by atoms with Crippen LogP contribution < -0.4 is 10.1 Å². The van der Waals surface area contributed by atoms with E-state index in [-0.39, 0.29) is 18.2 Å². The Balaban J connectivity index is 1.86. The van der Waals surface area contributed by atoms with Gasteiger partial charge in [-0.1, -0.05) is 18.2 Å². The first-order valence-corrected chi connectivity index (χ1v) is 9.14. The fraction of sp³-hybridized carbons (Fsp3) is 0.364. The molecule has 0 atom stereocenters. The van der Waals surface area contributed by atoms with Gasteiger partial charge in [0.15, 0.2) is 0 Å². The Morgan fingerprint density at radius 3 is 2.48 bits per heavy atom. The minimum absolute atomic E-state index is 0.0307. The highest BCUT2D eigenvalue weighted by Crippen LogP contribution is 2.15. The van der Waals surface area contributed by atoms with Gasteiger partial charge in [-0.2, -0.15) is 0 Å². The molecule has 27 heavy (non-hydrogen) atoms. The maximum Gasteiger partial charge on any atom is 0.226 e. The second-order valence-corrected chi connectivity index (χ2v) is 6.70. The highest BCUT2D eigenvalue weighted by atomic mass is 16.5. The van der Waals surface area contributed by atoms with Crippen LogP contribution in [0, 0.1) is 13.8 Å². The Labute approximate surface area is 161 Å². The van der Waals surface area contributed by atoms with E-state index in [9.17, 15) is 9.59 Å². The standard InChI is InChI=1S/C22H28N2O3/c1-16-8-9-20(14-17(16)2)23-22(26)11-13-24(18(3)25)12-10-19-6-5-7-21(15-19)27-4/h5-9,14-15H,10-13H2,1-4H3,(H,23,26). The first-order chi connectivity index (χ1) is 12.9. The van der Waals surface area contributed by atoms with Gasteiger partial charge in [0.1, 0.15) is 5.75 Å². The number of nitrogens with zero attached hydrogens (tertiary/aromatic N) is 1. The number of hydrogen-bond donors (Lipinski definition) is 1. The number of carbonyl (C=O) groups is 2. The monoisotopic (exact) mass is 368 g/mol. The van der Waals surface area contributed by atoms with Gasteiger partial charge in [-0.05, 0) is 61.2 Å². The van der Waals surface area contributed by atoms with Gasteiger partial charge in [0.2, 0.25) is 11.8 Å². The van der Waals surface area contributed by atoms with Gasteiger partial charge >= 0.3 is 0 Å². The SMILES string of the molecule is COc1cccc(CCN(CCC(=O)Nc2ccc(C)c(C)c2)C(C)=O)c1. The molecule has 2 amide bonds. The lowest BCUT2D eigenvalue weighted by Crippen LogP contribution is -2.33. The van der Waals surface area contributed by atoms with Crippen LogP contribution in [-0.4, -0.2) is 36.9 Å². The van der Waals surface area contributed by atoms with Gasteiger partial charge < -0.3 is 15.0 Å². The van der Waals surface area contributed by atoms with Crippen molar-refractivity contribution in [2.24, 2.45) is 0 Å². The summed E-state index contributed by atoms with van der Waals surface area (Å²) in [5, 5.41) is 2.90. The zero-order chi connectivity index (χ0) is 19.8. The number of hydrogen-bond acceptors (Lipinski definition) is 3. The van der Waals surface area contributed by atoms with E-state index in [1.807, 2.05) is 56.3 Å². The van der Waals surface area contributed by atoms with E-state index in [0.29, 0.717) is 13.1 Å². The quantitative estimate of drug-likeness (QED) is 0.772. The normalized spacial score (nSPS) is 10.4. The summed E-state index contributed by atoms with van der Waals surface area (Å²) in [6.45, 7) is 6.55. The second-order valence-electron chi connectivity index (χ2n) is 6.70. The summed E-state index contributed by atoms with van der Waals surface area (Å²) >= 11 is 0. The van der Waals surface area contributed by atoms with Crippen LogP contribution in [0.1, 0.15) is 30.0 Å². The summed E-state index contributed by atoms with van der Waals surface area (Å²) in [7, 11) is 1.63. The van der Waals surface area contributed by atoms with Crippen molar-refractivity contribution in [2.45, 2.75) is 33.6 Å². The minimum atomic E-state index is -0.0918. The Morgan fingerprint density at radius 2 is 1.81 bits per heavy atom. The Bertz CT molecular complexity index is 802. The van der Waals surface area contributed by atoms with E-state index >= 15 is 0 Å². The number of ether oxygens (including phenoxy) is 1. The number of anilines is 1. The van der Waals surface area contributed by atoms with Gasteiger partial charge in [0, 0.05) is 32.1 Å². The molecule has 0 spiro atoms. The number of aryl methyl sites for hydroxylation is 2. The third-order valence-corrected chi connectivity index (χ3v) is 4.65. The van der Waals surface area contributed by atoms with E-state index in [1.165, 1.54) is 12.5 Å². The van der Waals surface area contributed by atoms with Crippen LogP contribution in [0.15, 0.2) is 42.5 Å². The van der Waals surface area contributed by atoms with Crippen LogP contribution in [0.4, 0.5) is 5.69 Å². The highest BCUT2D eigenvalue weighted by Gasteiger charge is 2.12. The Hall–Kier alpha value is -2.82. The van der Waals surface area contributed by atoms with Crippen LogP contribution in [-0.2, 0) is 16.0 Å². The molecule has 0 aliphatic carbocycles. The van der Waals surface area contributed by atoms with Crippen molar-refractivity contribution >= 4 is 17.5 Å². The fourth-order valence-electron chi connectivity index (χ4n) is 2.80. The molecule has 1 N–H and O–H groups in total. The van der Waals surface area contributed by atoms with E-state index in [0.717, 1.165) is 29.0 Å². The largest absolute Gasteiger partial charge is 0.497 e. The maximum atomic E-state index is 12.2. The molecule has 144 valence electrons. The summed E-state index contributed by atoms with van der Waals surface area (Å²) in [5.74, 6) is 0.678. The zero-order valence-corrected chi connectivity index (χ0v) is 16.5. The minimum Gasteiger partial charge on any atom is -0.497 e. The van der Waals surface area contributed by atoms with Gasteiger partial charge in [0.25, 0.3) is 0 Å². The molecule has 0 unspecified atom stereocenters. The molecule has 0 aromatic heterocycles. The molecule has 2 aromatic carbocycles. The average Bonchev–Trinajstić information content (AvgIpc) is 2.64. The Kier molecular flexibility index (Phi) is 7.41. The topological polar surface area (TPSA) is 58.6 Å². The number of rotatable bonds is 8. The van der Waals surface area contributed by atoms with Crippen molar-refractivity contribution in [3.05, 3.63) is 59.2 Å². The van der Waals surface area contributed by atoms with E-state index in [1.54, 1.807) is 12.0 Å². The third kappa shape index (κ3) is 6.44. The summed E-state index contributed by atoms with van der Waals surface area (Å²) in [5.41, 5.74) is 4.21. The van der Waals surface area contributed by atoms with E-state index < -0.39 is 0 Å². The molecule has 2 aromatic rings. The predicted molar refractivity (Wildman–Crippen MR) is 108 cm³/mol. The third-order valence-electron chi connectivity index (χ3n) is 4.65. The lowest BCUT2D eigenvalue weighted by atomic mass is 10.1. The van der Waals surface area contributed by atoms with Crippen molar-refractivity contribution in [3.8, 4) is 5.75 Å². The number of amides is 2. The lowest BCUT2D eigenvalue weighted by molar-refractivity contribution is -0.129. The van der Waals surface area contributed by atoms with Crippen LogP contribution in [0.5, 0.6) is 5.75 Å². The smallest absolute Gasteiger partial charge is 0.226 e. The van der Waals surface area contributed by atoms with E-state index in [2.05, 4.69) is 5.32 Å². The molecular weight excluding hydrogens is 340 g/mol. The van der Waals surface area contributed by atoms with Crippen molar-refractivity contribution in [2.75, 3.05) is 25.5 Å². The summed E-state index contributed by atoms with van der Waals surface area (Å²) in [6.07, 6.45) is 0.986. The molecule has 0 radical (unpaired) electrons. The van der Waals surface area contributed by atoms with Gasteiger partial charge in [-0.25, -0.2) is 0 Å². The van der Waals surface area contributed by atoms with Crippen LogP contribution in [0.3, 0.4) is 0 Å². The van der Waals surface area contributed by atoms with E-state index in [4.69, 9.17) is 4.74 Å². The molecule has 0 bridgehead atoms. The first-order valence-electron chi connectivity index (χ1n) is 9.14. The number of methoxy groups -OCH3 is 1. The van der Waals surface area contributed by atoms with Crippen LogP contribution in [0.2, 0.25) is 0 Å². The second kappa shape index (κ2) is 9.76. The van der Waals surface area contributed by atoms with Crippen molar-refractivity contribution < 1.29 is 14.3 Å². The summed E-state index contributed by atoms with van der Waals surface area (Å²) < 4.78 is 5.23. The molecule has 0 aliphatic rings. The number of benzene rings is 2. The molecule has 2 rings (SSSR count). The predicted octanol–water partition coefficient (Wildman–Crippen LogP) is 3.73. The van der Waals surface area contributed by atoms with Crippen LogP contribution >= 0.6 is 0 Å². The molecule has 0 fully saturated rings. The zero-order valence-electron chi connectivity index (χ0n) is 16.5. The van der Waals surface area contributed by atoms with Crippen molar-refractivity contribution in [1.82, 2.24) is 4.90 Å². The highest BCUT2D eigenvalue weighted by molar-refractivity contribution is 5.91. The molecule has 5 nitrogen and oxygen atoms in total. The summed E-state index contributed by atoms with van der Waals surface area (Å²) in [4.78, 5) is 25.8. The van der Waals surface area contributed by atoms with Crippen molar-refractivity contribution in [3.63, 3.8) is 0 Å². The maximum absolute atomic E-state index is 12.2. The molecule has 0 saturated heterocycles. The number of carbonyl (C=O) groups excluding carboxylic acids is 2. The van der Waals surface area contributed by atoms with Crippen molar-refractivity contribution in [1.29, 1.82) is 0 Å². The summed E-state index contributed by atoms with van der Waals surface area (Å²) in [6, 6.07) is 13.6. The lowest BCUT2D eigenvalue weighted by Gasteiger charge is -2.21. The first kappa shape index (κ1) is 20.5. The molecular formula is C22H28N2O3. The fourth-order valence-corrected chi connectivity index (χ4v) is 2.80. The molecule has 5 heteroatoms. The van der Waals surface area contributed by atoms with Crippen LogP contribution in [0.25, 0.3) is 0 Å². The number of nitrogens with one attached hydrogen (secondary N) is 1. The van der Waals surface area contributed by atoms with Gasteiger partial charge in [0.05, 0.1) is 7.11 Å². The van der Waals surface area contributed by atoms with Gasteiger partial charge in [-0.3, -0.25) is 9.59 Å². The average molecular weight is 368 g/mol. The Morgan fingerprint density at radius 1 is 1.04 bits per heavy atom.